The lowest BCUT2D eigenvalue weighted by molar-refractivity contribution is 0.358. The molecule has 0 saturated carbocycles. The van der Waals surface area contributed by atoms with E-state index >= 15 is 0 Å². The van der Waals surface area contributed by atoms with Crippen LogP contribution in [0.25, 0.3) is 0 Å². The Labute approximate surface area is 111 Å². The van der Waals surface area contributed by atoms with Gasteiger partial charge in [0.25, 0.3) is 0 Å². The molecule has 6 heteroatoms. The molecule has 1 aromatic carbocycles. The van der Waals surface area contributed by atoms with Crippen LogP contribution in [0.2, 0.25) is 5.02 Å². The first-order valence-electron chi connectivity index (χ1n) is 4.98. The highest BCUT2D eigenvalue weighted by atomic mass is 35.5. The summed E-state index contributed by atoms with van der Waals surface area (Å²) in [5.74, 6) is 1.04. The third kappa shape index (κ3) is 3.43. The largest absolute Gasteiger partial charge is 0.338 e. The average molecular weight is 274 g/mol. The van der Waals surface area contributed by atoms with Crippen molar-refractivity contribution in [1.29, 1.82) is 0 Å². The molecule has 0 bridgehead atoms. The first-order valence-corrected chi connectivity index (χ1v) is 5.36. The number of nitrogens with two attached hydrogens (primary N) is 1. The SMILES string of the molecule is CC(N)c1nc(Cc2ccccc2Cl)no1.Cl. The molecule has 2 aromatic rings. The zero-order valence-corrected chi connectivity index (χ0v) is 10.8. The zero-order valence-electron chi connectivity index (χ0n) is 9.26. The van der Waals surface area contributed by atoms with Crippen molar-refractivity contribution in [3.8, 4) is 0 Å². The van der Waals surface area contributed by atoms with E-state index in [0.29, 0.717) is 23.2 Å². The van der Waals surface area contributed by atoms with Crippen LogP contribution in [-0.4, -0.2) is 10.1 Å². The van der Waals surface area contributed by atoms with Gasteiger partial charge in [-0.2, -0.15) is 4.98 Å². The van der Waals surface area contributed by atoms with E-state index in [1.807, 2.05) is 24.3 Å². The number of nitrogens with zero attached hydrogens (tertiary/aromatic N) is 2. The van der Waals surface area contributed by atoms with E-state index in [1.54, 1.807) is 6.92 Å². The van der Waals surface area contributed by atoms with Crippen molar-refractivity contribution in [2.45, 2.75) is 19.4 Å². The van der Waals surface area contributed by atoms with Gasteiger partial charge in [0, 0.05) is 11.4 Å². The molecule has 0 aliphatic heterocycles. The fourth-order valence-electron chi connectivity index (χ4n) is 1.34. The quantitative estimate of drug-likeness (QED) is 0.934. The topological polar surface area (TPSA) is 64.9 Å². The Kier molecular flexibility index (Phi) is 4.93. The summed E-state index contributed by atoms with van der Waals surface area (Å²) in [7, 11) is 0. The minimum absolute atomic E-state index is 0. The highest BCUT2D eigenvalue weighted by Crippen LogP contribution is 2.18. The van der Waals surface area contributed by atoms with Crippen LogP contribution in [0, 0.1) is 0 Å². The monoisotopic (exact) mass is 273 g/mol. The average Bonchev–Trinajstić information content (AvgIpc) is 2.70. The molecule has 0 aliphatic rings. The molecular weight excluding hydrogens is 261 g/mol. The van der Waals surface area contributed by atoms with Gasteiger partial charge in [0.2, 0.25) is 5.89 Å². The van der Waals surface area contributed by atoms with Gasteiger partial charge in [-0.05, 0) is 18.6 Å². The summed E-state index contributed by atoms with van der Waals surface area (Å²) < 4.78 is 5.01. The van der Waals surface area contributed by atoms with E-state index in [-0.39, 0.29) is 18.4 Å². The maximum absolute atomic E-state index is 6.03. The van der Waals surface area contributed by atoms with Gasteiger partial charge >= 0.3 is 0 Å². The van der Waals surface area contributed by atoms with Gasteiger partial charge in [0.1, 0.15) is 0 Å². The zero-order chi connectivity index (χ0) is 11.5. The molecule has 2 rings (SSSR count). The van der Waals surface area contributed by atoms with Crippen LogP contribution in [0.15, 0.2) is 28.8 Å². The number of aromatic nitrogens is 2. The van der Waals surface area contributed by atoms with E-state index in [2.05, 4.69) is 10.1 Å². The summed E-state index contributed by atoms with van der Waals surface area (Å²) in [6, 6.07) is 7.34. The number of halogens is 2. The smallest absolute Gasteiger partial charge is 0.243 e. The highest BCUT2D eigenvalue weighted by molar-refractivity contribution is 6.31. The molecule has 17 heavy (non-hydrogen) atoms. The maximum Gasteiger partial charge on any atom is 0.243 e. The van der Waals surface area contributed by atoms with E-state index in [0.717, 1.165) is 5.56 Å². The lowest BCUT2D eigenvalue weighted by Crippen LogP contribution is -2.05. The fourth-order valence-corrected chi connectivity index (χ4v) is 1.54. The molecule has 1 atom stereocenters. The first-order chi connectivity index (χ1) is 7.66. The van der Waals surface area contributed by atoms with Crippen LogP contribution in [0.1, 0.15) is 30.2 Å². The van der Waals surface area contributed by atoms with Crippen LogP contribution in [0.5, 0.6) is 0 Å². The van der Waals surface area contributed by atoms with Crippen LogP contribution >= 0.6 is 24.0 Å². The molecule has 0 fully saturated rings. The highest BCUT2D eigenvalue weighted by Gasteiger charge is 2.11. The van der Waals surface area contributed by atoms with Crippen LogP contribution < -0.4 is 5.73 Å². The standard InChI is InChI=1S/C11H12ClN3O.ClH/c1-7(13)11-14-10(15-16-11)6-8-4-2-3-5-9(8)12;/h2-5,7H,6,13H2,1H3;1H. The number of rotatable bonds is 3. The van der Waals surface area contributed by atoms with Crippen molar-refractivity contribution >= 4 is 24.0 Å². The van der Waals surface area contributed by atoms with Gasteiger partial charge in [-0.25, -0.2) is 0 Å². The maximum atomic E-state index is 6.03. The van der Waals surface area contributed by atoms with Crippen molar-refractivity contribution in [3.05, 3.63) is 46.6 Å². The Morgan fingerprint density at radius 3 is 2.71 bits per heavy atom. The Morgan fingerprint density at radius 1 is 1.41 bits per heavy atom. The Bertz CT molecular complexity index is 485. The third-order valence-corrected chi connectivity index (χ3v) is 2.55. The Morgan fingerprint density at radius 2 is 2.12 bits per heavy atom. The van der Waals surface area contributed by atoms with E-state index < -0.39 is 0 Å². The first kappa shape index (κ1) is 14.0. The second kappa shape index (κ2) is 6.00. The van der Waals surface area contributed by atoms with Gasteiger partial charge in [-0.3, -0.25) is 0 Å². The number of hydrogen-bond donors (Lipinski definition) is 1. The molecular formula is C11H13Cl2N3O. The minimum Gasteiger partial charge on any atom is -0.338 e. The van der Waals surface area contributed by atoms with Crippen molar-refractivity contribution in [2.24, 2.45) is 5.73 Å². The number of hydrogen-bond acceptors (Lipinski definition) is 4. The van der Waals surface area contributed by atoms with E-state index in [9.17, 15) is 0 Å². The van der Waals surface area contributed by atoms with Crippen LogP contribution in [0.3, 0.4) is 0 Å². The summed E-state index contributed by atoms with van der Waals surface area (Å²) in [6.07, 6.45) is 0.551. The fraction of sp³-hybridized carbons (Fsp3) is 0.273. The molecule has 0 amide bonds. The van der Waals surface area contributed by atoms with Crippen LogP contribution in [0.4, 0.5) is 0 Å². The summed E-state index contributed by atoms with van der Waals surface area (Å²) >= 11 is 6.03. The summed E-state index contributed by atoms with van der Waals surface area (Å²) in [6.45, 7) is 1.80. The Balaban J connectivity index is 0.00000144. The van der Waals surface area contributed by atoms with Crippen molar-refractivity contribution in [1.82, 2.24) is 10.1 Å². The molecule has 1 aromatic heterocycles. The van der Waals surface area contributed by atoms with Gasteiger partial charge in [0.05, 0.1) is 6.04 Å². The van der Waals surface area contributed by atoms with Crippen molar-refractivity contribution in [2.75, 3.05) is 0 Å². The molecule has 4 nitrogen and oxygen atoms in total. The molecule has 92 valence electrons. The van der Waals surface area contributed by atoms with Gasteiger partial charge in [-0.1, -0.05) is 35.0 Å². The summed E-state index contributed by atoms with van der Waals surface area (Å²) in [5.41, 5.74) is 6.60. The Hall–Kier alpha value is -1.10. The minimum atomic E-state index is -0.243. The third-order valence-electron chi connectivity index (χ3n) is 2.18. The molecule has 1 heterocycles. The lowest BCUT2D eigenvalue weighted by Gasteiger charge is -1.99. The molecule has 0 saturated heterocycles. The molecule has 2 N–H and O–H groups in total. The molecule has 1 unspecified atom stereocenters. The predicted octanol–water partition coefficient (Wildman–Crippen LogP) is 2.76. The van der Waals surface area contributed by atoms with Crippen molar-refractivity contribution < 1.29 is 4.52 Å². The van der Waals surface area contributed by atoms with Crippen LogP contribution in [-0.2, 0) is 6.42 Å². The second-order valence-corrected chi connectivity index (χ2v) is 4.01. The predicted molar refractivity (Wildman–Crippen MR) is 68.4 cm³/mol. The van der Waals surface area contributed by atoms with Gasteiger partial charge in [-0.15, -0.1) is 12.4 Å². The lowest BCUT2D eigenvalue weighted by atomic mass is 10.1. The van der Waals surface area contributed by atoms with Crippen molar-refractivity contribution in [3.63, 3.8) is 0 Å². The molecule has 0 aliphatic carbocycles. The van der Waals surface area contributed by atoms with E-state index in [1.165, 1.54) is 0 Å². The molecule has 0 spiro atoms. The molecule has 0 radical (unpaired) electrons. The second-order valence-electron chi connectivity index (χ2n) is 3.61. The summed E-state index contributed by atoms with van der Waals surface area (Å²) in [5, 5.41) is 4.55. The van der Waals surface area contributed by atoms with Gasteiger partial charge in [0.15, 0.2) is 5.82 Å². The summed E-state index contributed by atoms with van der Waals surface area (Å²) in [4.78, 5) is 4.18. The van der Waals surface area contributed by atoms with Gasteiger partial charge < -0.3 is 10.3 Å². The normalized spacial score (nSPS) is 11.9. The number of benzene rings is 1. The van der Waals surface area contributed by atoms with E-state index in [4.69, 9.17) is 21.9 Å².